The third-order valence-electron chi connectivity index (χ3n) is 3.26. The highest BCUT2D eigenvalue weighted by Crippen LogP contribution is 2.24. The molecule has 0 aliphatic carbocycles. The molecule has 0 aromatic rings. The van der Waals surface area contributed by atoms with Crippen LogP contribution in [-0.4, -0.2) is 16.6 Å². The van der Waals surface area contributed by atoms with Gasteiger partial charge in [0.15, 0.2) is 0 Å². The van der Waals surface area contributed by atoms with Crippen molar-refractivity contribution < 1.29 is 9.90 Å². The summed E-state index contributed by atoms with van der Waals surface area (Å²) in [7, 11) is 0. The number of hydrogen-bond donors (Lipinski definition) is 2. The molecule has 0 saturated carbocycles. The molecule has 0 bridgehead atoms. The standard InChI is InChI=1S/C13H29N.C3H4O2/c1-4-7-10-13(14,11-8-5-2)12-9-6-3;1-2-3(4)5/h4-12,14H2,1-3H3;2H,1H2,(H,4,5). The van der Waals surface area contributed by atoms with Gasteiger partial charge in [-0.1, -0.05) is 65.9 Å². The molecule has 0 aromatic heterocycles. The second-order valence-corrected chi connectivity index (χ2v) is 5.22. The van der Waals surface area contributed by atoms with E-state index >= 15 is 0 Å². The van der Waals surface area contributed by atoms with E-state index in [9.17, 15) is 4.79 Å². The van der Waals surface area contributed by atoms with Crippen LogP contribution in [0.2, 0.25) is 0 Å². The summed E-state index contributed by atoms with van der Waals surface area (Å²) in [6.07, 6.45) is 12.2. The summed E-state index contributed by atoms with van der Waals surface area (Å²) in [6, 6.07) is 0. The van der Waals surface area contributed by atoms with Gasteiger partial charge in [0.05, 0.1) is 0 Å². The molecule has 0 saturated heterocycles. The number of nitrogens with two attached hydrogens (primary N) is 1. The van der Waals surface area contributed by atoms with E-state index in [-0.39, 0.29) is 5.54 Å². The average molecular weight is 271 g/mol. The maximum atomic E-state index is 9.25. The molecule has 0 spiro atoms. The lowest BCUT2D eigenvalue weighted by molar-refractivity contribution is -0.131. The number of aliphatic carboxylic acids is 1. The highest BCUT2D eigenvalue weighted by Gasteiger charge is 2.22. The van der Waals surface area contributed by atoms with Crippen LogP contribution in [0, 0.1) is 0 Å². The molecule has 0 rings (SSSR count). The van der Waals surface area contributed by atoms with Gasteiger partial charge in [-0.2, -0.15) is 0 Å². The normalized spacial score (nSPS) is 10.5. The summed E-state index contributed by atoms with van der Waals surface area (Å²) in [4.78, 5) is 9.25. The van der Waals surface area contributed by atoms with Gasteiger partial charge in [0.2, 0.25) is 0 Å². The zero-order chi connectivity index (χ0) is 15.1. The van der Waals surface area contributed by atoms with Crippen LogP contribution in [0.4, 0.5) is 0 Å². The minimum absolute atomic E-state index is 0.155. The maximum Gasteiger partial charge on any atom is 0.327 e. The number of carbonyl (C=O) groups is 1. The first-order chi connectivity index (χ1) is 8.95. The monoisotopic (exact) mass is 271 g/mol. The summed E-state index contributed by atoms with van der Waals surface area (Å²) in [5.74, 6) is -0.981. The van der Waals surface area contributed by atoms with Crippen LogP contribution >= 0.6 is 0 Å². The van der Waals surface area contributed by atoms with E-state index in [1.54, 1.807) is 0 Å². The zero-order valence-electron chi connectivity index (χ0n) is 13.1. The van der Waals surface area contributed by atoms with Crippen molar-refractivity contribution in [1.29, 1.82) is 0 Å². The first-order valence-electron chi connectivity index (χ1n) is 7.60. The van der Waals surface area contributed by atoms with E-state index in [2.05, 4.69) is 27.4 Å². The molecule has 0 amide bonds. The summed E-state index contributed by atoms with van der Waals surface area (Å²) < 4.78 is 0. The van der Waals surface area contributed by atoms with E-state index in [0.29, 0.717) is 0 Å². The fourth-order valence-corrected chi connectivity index (χ4v) is 1.96. The lowest BCUT2D eigenvalue weighted by Crippen LogP contribution is -2.39. The Kier molecular flexibility index (Phi) is 14.7. The number of rotatable bonds is 10. The number of carboxylic acid groups (broad SMARTS) is 1. The van der Waals surface area contributed by atoms with Crippen LogP contribution in [0.3, 0.4) is 0 Å². The minimum Gasteiger partial charge on any atom is -0.478 e. The van der Waals surface area contributed by atoms with Crippen LogP contribution in [0.15, 0.2) is 12.7 Å². The fourth-order valence-electron chi connectivity index (χ4n) is 1.96. The topological polar surface area (TPSA) is 63.3 Å². The Hall–Kier alpha value is -0.830. The second kappa shape index (κ2) is 13.6. The maximum absolute atomic E-state index is 9.25. The fraction of sp³-hybridized carbons (Fsp3) is 0.812. The third-order valence-corrected chi connectivity index (χ3v) is 3.26. The van der Waals surface area contributed by atoms with Gasteiger partial charge in [0, 0.05) is 11.6 Å². The van der Waals surface area contributed by atoms with Gasteiger partial charge in [-0.25, -0.2) is 4.79 Å². The Morgan fingerprint density at radius 3 is 1.47 bits per heavy atom. The number of hydrogen-bond acceptors (Lipinski definition) is 2. The Balaban J connectivity index is 0. The largest absolute Gasteiger partial charge is 0.478 e. The molecule has 0 atom stereocenters. The first kappa shape index (κ1) is 20.5. The van der Waals surface area contributed by atoms with E-state index in [1.807, 2.05) is 0 Å². The molecule has 0 aliphatic rings. The van der Waals surface area contributed by atoms with Gasteiger partial charge in [-0.15, -0.1) is 0 Å². The molecular formula is C16H33NO2. The van der Waals surface area contributed by atoms with Crippen molar-refractivity contribution >= 4 is 5.97 Å². The molecule has 0 radical (unpaired) electrons. The van der Waals surface area contributed by atoms with Crippen LogP contribution in [0.1, 0.15) is 78.6 Å². The highest BCUT2D eigenvalue weighted by molar-refractivity contribution is 5.78. The average Bonchev–Trinajstić information content (AvgIpc) is 2.41. The predicted octanol–water partition coefficient (Wildman–Crippen LogP) is 4.51. The van der Waals surface area contributed by atoms with Crippen LogP contribution in [0.5, 0.6) is 0 Å². The molecule has 0 aromatic carbocycles. The zero-order valence-corrected chi connectivity index (χ0v) is 13.1. The van der Waals surface area contributed by atoms with E-state index in [4.69, 9.17) is 10.8 Å². The summed E-state index contributed by atoms with van der Waals surface area (Å²) in [5, 5.41) is 7.60. The highest BCUT2D eigenvalue weighted by atomic mass is 16.4. The minimum atomic E-state index is -0.981. The van der Waals surface area contributed by atoms with E-state index in [0.717, 1.165) is 6.08 Å². The lowest BCUT2D eigenvalue weighted by atomic mass is 9.84. The van der Waals surface area contributed by atoms with Crippen molar-refractivity contribution in [2.75, 3.05) is 0 Å². The molecule has 19 heavy (non-hydrogen) atoms. The summed E-state index contributed by atoms with van der Waals surface area (Å²) >= 11 is 0. The molecular weight excluding hydrogens is 238 g/mol. The Labute approximate surface area is 119 Å². The van der Waals surface area contributed by atoms with E-state index < -0.39 is 5.97 Å². The van der Waals surface area contributed by atoms with Crippen LogP contribution < -0.4 is 5.73 Å². The second-order valence-electron chi connectivity index (χ2n) is 5.22. The van der Waals surface area contributed by atoms with Gasteiger partial charge in [0.25, 0.3) is 0 Å². The Morgan fingerprint density at radius 1 is 1.05 bits per heavy atom. The molecule has 114 valence electrons. The predicted molar refractivity (Wildman–Crippen MR) is 83.3 cm³/mol. The Morgan fingerprint density at radius 2 is 1.32 bits per heavy atom. The molecule has 0 fully saturated rings. The molecule has 0 unspecified atom stereocenters. The van der Waals surface area contributed by atoms with Gasteiger partial charge >= 0.3 is 5.97 Å². The third kappa shape index (κ3) is 15.1. The van der Waals surface area contributed by atoms with Crippen molar-refractivity contribution in [2.24, 2.45) is 5.73 Å². The van der Waals surface area contributed by atoms with Crippen molar-refractivity contribution in [3.8, 4) is 0 Å². The van der Waals surface area contributed by atoms with Gasteiger partial charge < -0.3 is 10.8 Å². The SMILES string of the molecule is C=CC(=O)O.CCCCC(N)(CCCC)CCCC. The van der Waals surface area contributed by atoms with Crippen molar-refractivity contribution in [2.45, 2.75) is 84.1 Å². The van der Waals surface area contributed by atoms with Crippen molar-refractivity contribution in [3.63, 3.8) is 0 Å². The lowest BCUT2D eigenvalue weighted by Gasteiger charge is -2.29. The molecule has 3 nitrogen and oxygen atoms in total. The van der Waals surface area contributed by atoms with Gasteiger partial charge in [-0.05, 0) is 19.3 Å². The Bertz CT molecular complexity index is 205. The number of unbranched alkanes of at least 4 members (excludes halogenated alkanes) is 3. The van der Waals surface area contributed by atoms with Gasteiger partial charge in [-0.3, -0.25) is 0 Å². The van der Waals surface area contributed by atoms with E-state index in [1.165, 1.54) is 57.8 Å². The van der Waals surface area contributed by atoms with Crippen LogP contribution in [-0.2, 0) is 4.79 Å². The molecule has 0 heterocycles. The smallest absolute Gasteiger partial charge is 0.327 e. The summed E-state index contributed by atoms with van der Waals surface area (Å²) in [6.45, 7) is 9.71. The van der Waals surface area contributed by atoms with Gasteiger partial charge in [0.1, 0.15) is 0 Å². The van der Waals surface area contributed by atoms with Crippen molar-refractivity contribution in [1.82, 2.24) is 0 Å². The van der Waals surface area contributed by atoms with Crippen LogP contribution in [0.25, 0.3) is 0 Å². The summed E-state index contributed by atoms with van der Waals surface area (Å²) in [5.41, 5.74) is 6.61. The quantitative estimate of drug-likeness (QED) is 0.574. The number of carboxylic acids is 1. The molecule has 0 aliphatic heterocycles. The molecule has 3 N–H and O–H groups in total. The van der Waals surface area contributed by atoms with Crippen molar-refractivity contribution in [3.05, 3.63) is 12.7 Å². The first-order valence-corrected chi connectivity index (χ1v) is 7.60. The molecule has 3 heteroatoms.